The first-order chi connectivity index (χ1) is 11.6. The summed E-state index contributed by atoms with van der Waals surface area (Å²) in [5, 5.41) is 4.18. The van der Waals surface area contributed by atoms with Crippen LogP contribution >= 0.6 is 0 Å². The van der Waals surface area contributed by atoms with Crippen LogP contribution in [0, 0.1) is 6.92 Å². The van der Waals surface area contributed by atoms with Crippen LogP contribution in [0.25, 0.3) is 0 Å². The van der Waals surface area contributed by atoms with Crippen LogP contribution in [0.2, 0.25) is 0 Å². The van der Waals surface area contributed by atoms with Gasteiger partial charge < -0.3 is 14.2 Å². The van der Waals surface area contributed by atoms with E-state index in [4.69, 9.17) is 14.2 Å². The van der Waals surface area contributed by atoms with E-state index < -0.39 is 0 Å². The number of carbonyl (C=O) groups is 1. The van der Waals surface area contributed by atoms with Crippen LogP contribution < -0.4 is 19.6 Å². The summed E-state index contributed by atoms with van der Waals surface area (Å²) in [4.78, 5) is 12.3. The van der Waals surface area contributed by atoms with Gasteiger partial charge in [0.1, 0.15) is 5.75 Å². The number of hydrogen-bond acceptors (Lipinski definition) is 5. The van der Waals surface area contributed by atoms with Crippen LogP contribution in [0.4, 0.5) is 0 Å². The molecule has 0 saturated carbocycles. The van der Waals surface area contributed by atoms with Crippen molar-refractivity contribution in [2.45, 2.75) is 13.8 Å². The maximum absolute atomic E-state index is 12.3. The first-order valence-electron chi connectivity index (χ1n) is 7.48. The van der Waals surface area contributed by atoms with Gasteiger partial charge in [-0.3, -0.25) is 4.79 Å². The lowest BCUT2D eigenvalue weighted by Gasteiger charge is -2.09. The standard InChI is InChI=1S/C18H18N2O4/c1-11-4-6-15(22-3)14(8-11)12(2)19-20-18(21)13-5-7-16-17(9-13)24-10-23-16/h4-9H,10H2,1-3H3,(H,20,21)/b19-12-. The van der Waals surface area contributed by atoms with E-state index in [-0.39, 0.29) is 12.7 Å². The summed E-state index contributed by atoms with van der Waals surface area (Å²) >= 11 is 0. The molecule has 0 spiro atoms. The van der Waals surface area contributed by atoms with Crippen LogP contribution in [-0.2, 0) is 0 Å². The average Bonchev–Trinajstić information content (AvgIpc) is 3.06. The van der Waals surface area contributed by atoms with Gasteiger partial charge in [0.05, 0.1) is 12.8 Å². The molecule has 3 rings (SSSR count). The fraction of sp³-hybridized carbons (Fsp3) is 0.222. The molecule has 0 aliphatic carbocycles. The Kier molecular flexibility index (Phi) is 4.37. The molecule has 2 aromatic carbocycles. The Morgan fingerprint density at radius 1 is 1.17 bits per heavy atom. The number of nitrogens with one attached hydrogen (secondary N) is 1. The molecule has 1 aliphatic rings. The van der Waals surface area contributed by atoms with Crippen molar-refractivity contribution >= 4 is 11.6 Å². The van der Waals surface area contributed by atoms with Crippen molar-refractivity contribution in [3.8, 4) is 17.2 Å². The van der Waals surface area contributed by atoms with Gasteiger partial charge >= 0.3 is 0 Å². The fourth-order valence-electron chi connectivity index (χ4n) is 2.40. The molecule has 1 heterocycles. The van der Waals surface area contributed by atoms with E-state index in [1.807, 2.05) is 32.0 Å². The highest BCUT2D eigenvalue weighted by Crippen LogP contribution is 2.32. The smallest absolute Gasteiger partial charge is 0.271 e. The monoisotopic (exact) mass is 326 g/mol. The molecule has 2 aromatic rings. The number of carbonyl (C=O) groups excluding carboxylic acids is 1. The van der Waals surface area contributed by atoms with Gasteiger partial charge in [0.2, 0.25) is 6.79 Å². The molecule has 0 fully saturated rings. The van der Waals surface area contributed by atoms with Gasteiger partial charge in [-0.15, -0.1) is 0 Å². The highest BCUT2D eigenvalue weighted by molar-refractivity contribution is 6.03. The molecule has 0 saturated heterocycles. The highest BCUT2D eigenvalue weighted by Gasteiger charge is 2.16. The van der Waals surface area contributed by atoms with Crippen molar-refractivity contribution in [1.29, 1.82) is 0 Å². The predicted octanol–water partition coefficient (Wildman–Crippen LogP) is 2.89. The van der Waals surface area contributed by atoms with Crippen LogP contribution in [0.1, 0.15) is 28.4 Å². The molecule has 0 unspecified atom stereocenters. The zero-order valence-electron chi connectivity index (χ0n) is 13.8. The number of hydrazone groups is 1. The number of nitrogens with zero attached hydrogens (tertiary/aromatic N) is 1. The number of ether oxygens (including phenoxy) is 3. The molecule has 6 nitrogen and oxygen atoms in total. The van der Waals surface area contributed by atoms with Gasteiger partial charge in [0, 0.05) is 11.1 Å². The third-order valence-corrected chi connectivity index (χ3v) is 3.70. The molecule has 0 aromatic heterocycles. The normalized spacial score (nSPS) is 12.9. The average molecular weight is 326 g/mol. The Morgan fingerprint density at radius 2 is 1.96 bits per heavy atom. The lowest BCUT2D eigenvalue weighted by atomic mass is 10.1. The lowest BCUT2D eigenvalue weighted by Crippen LogP contribution is -2.19. The van der Waals surface area contributed by atoms with E-state index in [1.165, 1.54) is 0 Å². The van der Waals surface area contributed by atoms with E-state index in [0.717, 1.165) is 11.1 Å². The van der Waals surface area contributed by atoms with Crippen LogP contribution in [0.15, 0.2) is 41.5 Å². The van der Waals surface area contributed by atoms with Crippen molar-refractivity contribution in [3.63, 3.8) is 0 Å². The summed E-state index contributed by atoms with van der Waals surface area (Å²) in [6.07, 6.45) is 0. The molecule has 24 heavy (non-hydrogen) atoms. The number of amides is 1. The second-order valence-corrected chi connectivity index (χ2v) is 5.41. The topological polar surface area (TPSA) is 69.2 Å². The highest BCUT2D eigenvalue weighted by atomic mass is 16.7. The van der Waals surface area contributed by atoms with Crippen molar-refractivity contribution in [1.82, 2.24) is 5.43 Å². The van der Waals surface area contributed by atoms with Crippen molar-refractivity contribution < 1.29 is 19.0 Å². The zero-order valence-corrected chi connectivity index (χ0v) is 13.8. The first kappa shape index (κ1) is 15.9. The SMILES string of the molecule is COc1ccc(C)cc1/C(C)=N\NC(=O)c1ccc2c(c1)OCO2. The molecule has 124 valence electrons. The molecule has 1 aliphatic heterocycles. The Bertz CT molecular complexity index is 815. The van der Waals surface area contributed by atoms with E-state index in [9.17, 15) is 4.79 Å². The second-order valence-electron chi connectivity index (χ2n) is 5.41. The largest absolute Gasteiger partial charge is 0.496 e. The second kappa shape index (κ2) is 6.62. The summed E-state index contributed by atoms with van der Waals surface area (Å²) in [5.74, 6) is 1.58. The van der Waals surface area contributed by atoms with Gasteiger partial charge in [0.15, 0.2) is 11.5 Å². The minimum Gasteiger partial charge on any atom is -0.496 e. The van der Waals surface area contributed by atoms with Crippen LogP contribution in [0.3, 0.4) is 0 Å². The number of fused-ring (bicyclic) bond motifs is 1. The molecule has 0 radical (unpaired) electrons. The molecule has 0 bridgehead atoms. The van der Waals surface area contributed by atoms with E-state index in [0.29, 0.717) is 28.5 Å². The molecule has 0 atom stereocenters. The lowest BCUT2D eigenvalue weighted by molar-refractivity contribution is 0.0954. The van der Waals surface area contributed by atoms with E-state index in [2.05, 4.69) is 10.5 Å². The number of hydrogen-bond donors (Lipinski definition) is 1. The van der Waals surface area contributed by atoms with Gasteiger partial charge in [-0.2, -0.15) is 5.10 Å². The molecule has 6 heteroatoms. The summed E-state index contributed by atoms with van der Waals surface area (Å²) in [6.45, 7) is 3.98. The molecule has 1 N–H and O–H groups in total. The summed E-state index contributed by atoms with van der Waals surface area (Å²) in [6, 6.07) is 10.8. The molecular weight excluding hydrogens is 308 g/mol. The van der Waals surface area contributed by atoms with Gasteiger partial charge in [0.25, 0.3) is 5.91 Å². The van der Waals surface area contributed by atoms with Crippen LogP contribution in [0.5, 0.6) is 17.2 Å². The van der Waals surface area contributed by atoms with Gasteiger partial charge in [-0.05, 0) is 44.2 Å². The summed E-state index contributed by atoms with van der Waals surface area (Å²) < 4.78 is 15.8. The quantitative estimate of drug-likeness (QED) is 0.693. The first-order valence-corrected chi connectivity index (χ1v) is 7.48. The maximum atomic E-state index is 12.3. The van der Waals surface area contributed by atoms with Crippen LogP contribution in [-0.4, -0.2) is 25.5 Å². The summed E-state index contributed by atoms with van der Waals surface area (Å²) in [7, 11) is 1.60. The maximum Gasteiger partial charge on any atom is 0.271 e. The minimum absolute atomic E-state index is 0.171. The number of rotatable bonds is 4. The third-order valence-electron chi connectivity index (χ3n) is 3.70. The Hall–Kier alpha value is -3.02. The fourth-order valence-corrected chi connectivity index (χ4v) is 2.40. The van der Waals surface area contributed by atoms with Crippen molar-refractivity contribution in [2.24, 2.45) is 5.10 Å². The third kappa shape index (κ3) is 3.17. The molecule has 1 amide bonds. The van der Waals surface area contributed by atoms with Gasteiger partial charge in [-0.1, -0.05) is 11.6 Å². The van der Waals surface area contributed by atoms with Crippen molar-refractivity contribution in [3.05, 3.63) is 53.1 Å². The predicted molar refractivity (Wildman–Crippen MR) is 90.0 cm³/mol. The number of benzene rings is 2. The van der Waals surface area contributed by atoms with Gasteiger partial charge in [-0.25, -0.2) is 5.43 Å². The van der Waals surface area contributed by atoms with Crippen molar-refractivity contribution in [2.75, 3.05) is 13.9 Å². The minimum atomic E-state index is -0.320. The Morgan fingerprint density at radius 3 is 2.75 bits per heavy atom. The Labute approximate surface area is 140 Å². The Balaban J connectivity index is 1.77. The number of methoxy groups -OCH3 is 1. The zero-order chi connectivity index (χ0) is 17.1. The number of aryl methyl sites for hydroxylation is 1. The van der Waals surface area contributed by atoms with E-state index in [1.54, 1.807) is 25.3 Å². The molecular formula is C18H18N2O4. The summed E-state index contributed by atoms with van der Waals surface area (Å²) in [5.41, 5.74) is 5.59. The van der Waals surface area contributed by atoms with E-state index >= 15 is 0 Å².